The van der Waals surface area contributed by atoms with E-state index in [1.807, 2.05) is 6.92 Å². The lowest BCUT2D eigenvalue weighted by atomic mass is 9.99. The molecule has 1 aliphatic carbocycles. The molecule has 2 rings (SSSR count). The maximum atomic E-state index is 5.98. The van der Waals surface area contributed by atoms with Crippen LogP contribution in [0.2, 0.25) is 0 Å². The van der Waals surface area contributed by atoms with Crippen LogP contribution in [0, 0.1) is 5.92 Å². The van der Waals surface area contributed by atoms with Gasteiger partial charge in [0.25, 0.3) is 0 Å². The van der Waals surface area contributed by atoms with E-state index >= 15 is 0 Å². The summed E-state index contributed by atoms with van der Waals surface area (Å²) >= 11 is 0. The number of aromatic nitrogens is 2. The van der Waals surface area contributed by atoms with Crippen LogP contribution in [0.4, 0.5) is 11.5 Å². The molecule has 1 aromatic heterocycles. The van der Waals surface area contributed by atoms with Crippen molar-refractivity contribution in [2.75, 3.05) is 17.7 Å². The standard InChI is InChI=1S/C12H20N4O/c1-4-17-11-9(13)10(14-7-15-11)16-12(2,3)8-5-6-8/h7-8H,4-6,13H2,1-3H3,(H,14,15,16). The van der Waals surface area contributed by atoms with Crippen LogP contribution in [0.3, 0.4) is 0 Å². The van der Waals surface area contributed by atoms with E-state index in [0.29, 0.717) is 29.9 Å². The molecule has 17 heavy (non-hydrogen) atoms. The summed E-state index contributed by atoms with van der Waals surface area (Å²) in [5, 5.41) is 3.39. The molecule has 1 fully saturated rings. The molecule has 0 unspecified atom stereocenters. The number of hydrogen-bond donors (Lipinski definition) is 2. The highest BCUT2D eigenvalue weighted by Crippen LogP contribution is 2.41. The number of anilines is 2. The van der Waals surface area contributed by atoms with Gasteiger partial charge in [0.2, 0.25) is 5.88 Å². The normalized spacial score (nSPS) is 15.7. The molecule has 0 bridgehead atoms. The van der Waals surface area contributed by atoms with Crippen molar-refractivity contribution in [1.82, 2.24) is 9.97 Å². The maximum Gasteiger partial charge on any atom is 0.242 e. The lowest BCUT2D eigenvalue weighted by Crippen LogP contribution is -2.34. The second kappa shape index (κ2) is 4.39. The Labute approximate surface area is 102 Å². The van der Waals surface area contributed by atoms with Crippen LogP contribution in [0.25, 0.3) is 0 Å². The lowest BCUT2D eigenvalue weighted by Gasteiger charge is -2.27. The SMILES string of the molecule is CCOc1ncnc(NC(C)(C)C2CC2)c1N. The third-order valence-corrected chi connectivity index (χ3v) is 3.17. The summed E-state index contributed by atoms with van der Waals surface area (Å²) in [4.78, 5) is 8.21. The van der Waals surface area contributed by atoms with Crippen LogP contribution in [0.1, 0.15) is 33.6 Å². The minimum atomic E-state index is 0.0198. The monoisotopic (exact) mass is 236 g/mol. The highest BCUT2D eigenvalue weighted by Gasteiger charge is 2.38. The summed E-state index contributed by atoms with van der Waals surface area (Å²) in [5.74, 6) is 1.82. The summed E-state index contributed by atoms with van der Waals surface area (Å²) in [6, 6.07) is 0. The summed E-state index contributed by atoms with van der Waals surface area (Å²) in [7, 11) is 0. The first-order valence-electron chi connectivity index (χ1n) is 6.06. The van der Waals surface area contributed by atoms with E-state index in [1.54, 1.807) is 0 Å². The second-order valence-electron chi connectivity index (χ2n) is 5.00. The van der Waals surface area contributed by atoms with Crippen molar-refractivity contribution in [2.45, 2.75) is 39.2 Å². The highest BCUT2D eigenvalue weighted by molar-refractivity contribution is 5.67. The minimum absolute atomic E-state index is 0.0198. The molecule has 5 nitrogen and oxygen atoms in total. The van der Waals surface area contributed by atoms with Crippen molar-refractivity contribution in [3.8, 4) is 5.88 Å². The summed E-state index contributed by atoms with van der Waals surface area (Å²) in [5.41, 5.74) is 6.49. The Hall–Kier alpha value is -1.52. The van der Waals surface area contributed by atoms with Crippen molar-refractivity contribution in [2.24, 2.45) is 5.92 Å². The molecule has 5 heteroatoms. The first-order valence-corrected chi connectivity index (χ1v) is 6.06. The summed E-state index contributed by atoms with van der Waals surface area (Å²) < 4.78 is 5.35. The van der Waals surface area contributed by atoms with E-state index in [4.69, 9.17) is 10.5 Å². The molecular formula is C12H20N4O. The fourth-order valence-electron chi connectivity index (χ4n) is 1.94. The molecule has 0 spiro atoms. The van der Waals surface area contributed by atoms with Crippen LogP contribution < -0.4 is 15.8 Å². The summed E-state index contributed by atoms with van der Waals surface area (Å²) in [6.45, 7) is 6.80. The van der Waals surface area contributed by atoms with Crippen molar-refractivity contribution in [3.05, 3.63) is 6.33 Å². The Morgan fingerprint density at radius 1 is 1.47 bits per heavy atom. The fraction of sp³-hybridized carbons (Fsp3) is 0.667. The van der Waals surface area contributed by atoms with E-state index in [-0.39, 0.29) is 5.54 Å². The molecule has 3 N–H and O–H groups in total. The molecule has 0 aliphatic heterocycles. The minimum Gasteiger partial charge on any atom is -0.476 e. The highest BCUT2D eigenvalue weighted by atomic mass is 16.5. The number of nitrogens with one attached hydrogen (secondary N) is 1. The Kier molecular flexibility index (Phi) is 3.09. The number of nitrogens with two attached hydrogens (primary N) is 1. The third kappa shape index (κ3) is 2.60. The number of hydrogen-bond acceptors (Lipinski definition) is 5. The Bertz CT molecular complexity index is 401. The molecule has 1 heterocycles. The van der Waals surface area contributed by atoms with Crippen molar-refractivity contribution in [3.63, 3.8) is 0 Å². The van der Waals surface area contributed by atoms with Crippen LogP contribution in [0.15, 0.2) is 6.33 Å². The zero-order chi connectivity index (χ0) is 12.5. The number of nitrogens with zero attached hydrogens (tertiary/aromatic N) is 2. The van der Waals surface area contributed by atoms with Gasteiger partial charge in [0, 0.05) is 5.54 Å². The van der Waals surface area contributed by atoms with Gasteiger partial charge in [-0.1, -0.05) is 0 Å². The quantitative estimate of drug-likeness (QED) is 0.818. The zero-order valence-corrected chi connectivity index (χ0v) is 10.7. The van der Waals surface area contributed by atoms with Gasteiger partial charge in [-0.3, -0.25) is 0 Å². The Morgan fingerprint density at radius 2 is 2.18 bits per heavy atom. The molecule has 0 atom stereocenters. The molecule has 0 amide bonds. The van der Waals surface area contributed by atoms with Gasteiger partial charge in [-0.05, 0) is 39.5 Å². The first-order chi connectivity index (χ1) is 8.04. The van der Waals surface area contributed by atoms with Crippen molar-refractivity contribution < 1.29 is 4.74 Å². The van der Waals surface area contributed by atoms with Gasteiger partial charge in [0.15, 0.2) is 5.82 Å². The van der Waals surface area contributed by atoms with Gasteiger partial charge < -0.3 is 15.8 Å². The number of rotatable bonds is 5. The number of ether oxygens (including phenoxy) is 1. The average molecular weight is 236 g/mol. The molecule has 1 aliphatic rings. The molecular weight excluding hydrogens is 216 g/mol. The van der Waals surface area contributed by atoms with Gasteiger partial charge in [0.05, 0.1) is 6.61 Å². The summed E-state index contributed by atoms with van der Waals surface area (Å²) in [6.07, 6.45) is 4.01. The zero-order valence-electron chi connectivity index (χ0n) is 10.7. The third-order valence-electron chi connectivity index (χ3n) is 3.17. The van der Waals surface area contributed by atoms with Gasteiger partial charge in [-0.15, -0.1) is 0 Å². The van der Waals surface area contributed by atoms with Crippen molar-refractivity contribution in [1.29, 1.82) is 0 Å². The molecule has 0 saturated heterocycles. The van der Waals surface area contributed by atoms with Crippen LogP contribution in [-0.2, 0) is 0 Å². The van der Waals surface area contributed by atoms with E-state index in [9.17, 15) is 0 Å². The molecule has 0 aromatic carbocycles. The first kappa shape index (κ1) is 12.0. The average Bonchev–Trinajstić information content (AvgIpc) is 3.08. The van der Waals surface area contributed by atoms with Gasteiger partial charge >= 0.3 is 0 Å². The van der Waals surface area contributed by atoms with Gasteiger partial charge in [-0.25, -0.2) is 4.98 Å². The molecule has 94 valence electrons. The van der Waals surface area contributed by atoms with Crippen LogP contribution >= 0.6 is 0 Å². The van der Waals surface area contributed by atoms with Crippen LogP contribution in [0.5, 0.6) is 5.88 Å². The largest absolute Gasteiger partial charge is 0.476 e. The Morgan fingerprint density at radius 3 is 2.76 bits per heavy atom. The number of nitrogen functional groups attached to an aromatic ring is 1. The second-order valence-corrected chi connectivity index (χ2v) is 5.00. The van der Waals surface area contributed by atoms with E-state index in [0.717, 1.165) is 0 Å². The molecule has 0 radical (unpaired) electrons. The predicted octanol–water partition coefficient (Wildman–Crippen LogP) is 2.06. The topological polar surface area (TPSA) is 73.1 Å². The van der Waals surface area contributed by atoms with Crippen LogP contribution in [-0.4, -0.2) is 22.1 Å². The van der Waals surface area contributed by atoms with Crippen molar-refractivity contribution >= 4 is 11.5 Å². The molecule has 1 saturated carbocycles. The van der Waals surface area contributed by atoms with E-state index in [2.05, 4.69) is 29.1 Å². The molecule has 1 aromatic rings. The van der Waals surface area contributed by atoms with Gasteiger partial charge in [0.1, 0.15) is 12.0 Å². The smallest absolute Gasteiger partial charge is 0.242 e. The predicted molar refractivity (Wildman–Crippen MR) is 68.0 cm³/mol. The van der Waals surface area contributed by atoms with E-state index < -0.39 is 0 Å². The van der Waals surface area contributed by atoms with Gasteiger partial charge in [-0.2, -0.15) is 4.98 Å². The van der Waals surface area contributed by atoms with E-state index in [1.165, 1.54) is 19.2 Å². The maximum absolute atomic E-state index is 5.98. The Balaban J connectivity index is 2.17. The lowest BCUT2D eigenvalue weighted by molar-refractivity contribution is 0.328. The fourth-order valence-corrected chi connectivity index (χ4v) is 1.94.